The predicted molar refractivity (Wildman–Crippen MR) is 52.9 cm³/mol. The predicted octanol–water partition coefficient (Wildman–Crippen LogP) is 1.98. The Kier molecular flexibility index (Phi) is 3.53. The average molecular weight is 230 g/mol. The lowest BCUT2D eigenvalue weighted by molar-refractivity contribution is -0.123. The zero-order chi connectivity index (χ0) is 8.97. The van der Waals surface area contributed by atoms with Crippen molar-refractivity contribution in [2.24, 2.45) is 5.92 Å². The highest BCUT2D eigenvalue weighted by Gasteiger charge is 2.08. The van der Waals surface area contributed by atoms with Crippen LogP contribution in [0.15, 0.2) is 22.7 Å². The van der Waals surface area contributed by atoms with Crippen LogP contribution < -0.4 is 5.32 Å². The highest BCUT2D eigenvalue weighted by atomic mass is 79.9. The number of allylic oxidation sites excluding steroid dienone is 2. The molecule has 0 radical (unpaired) electrons. The molecule has 1 rings (SSSR count). The molecule has 0 aromatic heterocycles. The Morgan fingerprint density at radius 3 is 3.17 bits per heavy atom. The van der Waals surface area contributed by atoms with Crippen LogP contribution in [0.1, 0.15) is 13.3 Å². The summed E-state index contributed by atoms with van der Waals surface area (Å²) in [4.78, 5) is 11.2. The number of amides is 1. The van der Waals surface area contributed by atoms with E-state index in [-0.39, 0.29) is 11.8 Å². The van der Waals surface area contributed by atoms with Crippen molar-refractivity contribution in [3.05, 3.63) is 22.7 Å². The fraction of sp³-hybridized carbons (Fsp3) is 0.444. The molecule has 66 valence electrons. The fourth-order valence-electron chi connectivity index (χ4n) is 0.963. The van der Waals surface area contributed by atoms with Gasteiger partial charge in [-0.05, 0) is 10.9 Å². The van der Waals surface area contributed by atoms with Crippen molar-refractivity contribution < 1.29 is 4.79 Å². The zero-order valence-electron chi connectivity index (χ0n) is 7.01. The number of carbonyl (C=O) groups is 1. The minimum atomic E-state index is -0.0281. The first-order valence-corrected chi connectivity index (χ1v) is 4.80. The Labute approximate surface area is 80.9 Å². The maximum atomic E-state index is 11.2. The molecular formula is C9H12BrNO. The molecule has 0 bridgehead atoms. The maximum Gasteiger partial charge on any atom is 0.226 e. The first kappa shape index (κ1) is 9.52. The zero-order valence-corrected chi connectivity index (χ0v) is 8.60. The summed E-state index contributed by atoms with van der Waals surface area (Å²) in [6.45, 7) is 2.60. The highest BCUT2D eigenvalue weighted by molar-refractivity contribution is 9.11. The quantitative estimate of drug-likeness (QED) is 0.677. The van der Waals surface area contributed by atoms with Gasteiger partial charge < -0.3 is 5.32 Å². The van der Waals surface area contributed by atoms with Crippen LogP contribution in [0.3, 0.4) is 0 Å². The summed E-state index contributed by atoms with van der Waals surface area (Å²) in [5, 5.41) is 2.84. The van der Waals surface area contributed by atoms with Crippen LogP contribution >= 0.6 is 15.9 Å². The monoisotopic (exact) mass is 229 g/mol. The van der Waals surface area contributed by atoms with Crippen molar-refractivity contribution >= 4 is 21.8 Å². The molecule has 0 aliphatic carbocycles. The van der Waals surface area contributed by atoms with Gasteiger partial charge in [-0.15, -0.1) is 0 Å². The van der Waals surface area contributed by atoms with Gasteiger partial charge in [-0.1, -0.05) is 41.1 Å². The number of nitrogens with one attached hydrogen (secondary N) is 1. The lowest BCUT2D eigenvalue weighted by atomic mass is 10.1. The average Bonchev–Trinajstić information content (AvgIpc) is 2.08. The summed E-state index contributed by atoms with van der Waals surface area (Å²) in [6, 6.07) is 0. The van der Waals surface area contributed by atoms with Gasteiger partial charge >= 0.3 is 0 Å². The Balaban J connectivity index is 2.67. The van der Waals surface area contributed by atoms with E-state index in [9.17, 15) is 4.79 Å². The van der Waals surface area contributed by atoms with Gasteiger partial charge in [0.15, 0.2) is 0 Å². The SMILES string of the molecule is CC1/C=C\C=C(\Br)CCNC1=O. The van der Waals surface area contributed by atoms with Gasteiger partial charge in [0, 0.05) is 6.54 Å². The molecule has 0 saturated heterocycles. The number of hydrogen-bond donors (Lipinski definition) is 1. The number of rotatable bonds is 0. The minimum Gasteiger partial charge on any atom is -0.355 e. The smallest absolute Gasteiger partial charge is 0.226 e. The van der Waals surface area contributed by atoms with Gasteiger partial charge in [0.1, 0.15) is 0 Å². The standard InChI is InChI=1S/C9H12BrNO/c1-7-3-2-4-8(10)5-6-11-9(7)12/h2-4,7H,5-6H2,1H3,(H,11,12)/b3-2-,8-4+. The van der Waals surface area contributed by atoms with Gasteiger partial charge in [0.2, 0.25) is 5.91 Å². The second-order valence-electron chi connectivity index (χ2n) is 2.83. The van der Waals surface area contributed by atoms with Gasteiger partial charge in [-0.3, -0.25) is 4.79 Å². The Morgan fingerprint density at radius 1 is 1.67 bits per heavy atom. The van der Waals surface area contributed by atoms with Crippen LogP contribution in [0, 0.1) is 5.92 Å². The molecule has 0 fully saturated rings. The molecule has 1 atom stereocenters. The molecule has 0 aromatic carbocycles. The number of carbonyl (C=O) groups excluding carboxylic acids is 1. The maximum absolute atomic E-state index is 11.2. The molecule has 0 saturated carbocycles. The Morgan fingerprint density at radius 2 is 2.42 bits per heavy atom. The molecular weight excluding hydrogens is 218 g/mol. The molecule has 3 heteroatoms. The summed E-state index contributed by atoms with van der Waals surface area (Å²) in [5.74, 6) is 0.0708. The molecule has 1 unspecified atom stereocenters. The lowest BCUT2D eigenvalue weighted by Crippen LogP contribution is -2.28. The molecule has 2 nitrogen and oxygen atoms in total. The second-order valence-corrected chi connectivity index (χ2v) is 3.85. The second kappa shape index (κ2) is 4.45. The van der Waals surface area contributed by atoms with Crippen LogP contribution in [0.5, 0.6) is 0 Å². The third kappa shape index (κ3) is 2.81. The normalized spacial score (nSPS) is 32.0. The molecule has 12 heavy (non-hydrogen) atoms. The number of hydrogen-bond acceptors (Lipinski definition) is 1. The van der Waals surface area contributed by atoms with E-state index >= 15 is 0 Å². The van der Waals surface area contributed by atoms with E-state index in [1.165, 1.54) is 0 Å². The van der Waals surface area contributed by atoms with E-state index in [4.69, 9.17) is 0 Å². The first-order valence-electron chi connectivity index (χ1n) is 4.00. The van der Waals surface area contributed by atoms with Crippen LogP contribution in [0.25, 0.3) is 0 Å². The van der Waals surface area contributed by atoms with Crippen molar-refractivity contribution in [1.29, 1.82) is 0 Å². The molecule has 1 aliphatic heterocycles. The molecule has 1 aliphatic rings. The van der Waals surface area contributed by atoms with Gasteiger partial charge in [0.25, 0.3) is 0 Å². The molecule has 0 spiro atoms. The molecule has 0 aromatic rings. The van der Waals surface area contributed by atoms with E-state index in [0.29, 0.717) is 6.54 Å². The van der Waals surface area contributed by atoms with Crippen LogP contribution in [0.4, 0.5) is 0 Å². The molecule has 1 heterocycles. The van der Waals surface area contributed by atoms with Crippen molar-refractivity contribution in [3.8, 4) is 0 Å². The highest BCUT2D eigenvalue weighted by Crippen LogP contribution is 2.11. The van der Waals surface area contributed by atoms with E-state index in [1.54, 1.807) is 0 Å². The lowest BCUT2D eigenvalue weighted by Gasteiger charge is -2.05. The van der Waals surface area contributed by atoms with E-state index < -0.39 is 0 Å². The molecule has 1 amide bonds. The van der Waals surface area contributed by atoms with Crippen molar-refractivity contribution in [3.63, 3.8) is 0 Å². The van der Waals surface area contributed by atoms with E-state index in [1.807, 2.05) is 25.2 Å². The summed E-state index contributed by atoms with van der Waals surface area (Å²) in [6.07, 6.45) is 6.65. The van der Waals surface area contributed by atoms with Gasteiger partial charge in [0.05, 0.1) is 5.92 Å². The van der Waals surface area contributed by atoms with Crippen LogP contribution in [0.2, 0.25) is 0 Å². The van der Waals surface area contributed by atoms with Crippen molar-refractivity contribution in [2.45, 2.75) is 13.3 Å². The van der Waals surface area contributed by atoms with Crippen molar-refractivity contribution in [1.82, 2.24) is 5.32 Å². The van der Waals surface area contributed by atoms with E-state index in [2.05, 4.69) is 21.2 Å². The molecule has 1 N–H and O–H groups in total. The third-order valence-electron chi connectivity index (χ3n) is 1.75. The van der Waals surface area contributed by atoms with E-state index in [0.717, 1.165) is 10.9 Å². The summed E-state index contributed by atoms with van der Waals surface area (Å²) < 4.78 is 1.12. The first-order chi connectivity index (χ1) is 5.70. The van der Waals surface area contributed by atoms with Crippen molar-refractivity contribution in [2.75, 3.05) is 6.54 Å². The summed E-state index contributed by atoms with van der Waals surface area (Å²) >= 11 is 3.41. The fourth-order valence-corrected chi connectivity index (χ4v) is 1.31. The minimum absolute atomic E-state index is 0.0281. The van der Waals surface area contributed by atoms with Crippen LogP contribution in [-0.4, -0.2) is 12.5 Å². The Bertz CT molecular complexity index is 233. The third-order valence-corrected chi connectivity index (χ3v) is 2.41. The largest absolute Gasteiger partial charge is 0.355 e. The summed E-state index contributed by atoms with van der Waals surface area (Å²) in [5.41, 5.74) is 0. The van der Waals surface area contributed by atoms with Gasteiger partial charge in [-0.25, -0.2) is 0 Å². The number of halogens is 1. The van der Waals surface area contributed by atoms with Crippen LogP contribution in [-0.2, 0) is 4.79 Å². The Hall–Kier alpha value is -0.570. The summed E-state index contributed by atoms with van der Waals surface area (Å²) in [7, 11) is 0. The van der Waals surface area contributed by atoms with Gasteiger partial charge in [-0.2, -0.15) is 0 Å². The topological polar surface area (TPSA) is 29.1 Å².